The van der Waals surface area contributed by atoms with Crippen LogP contribution in [0.5, 0.6) is 5.75 Å². The monoisotopic (exact) mass is 311 g/mol. The van der Waals surface area contributed by atoms with Gasteiger partial charge in [0.05, 0.1) is 5.56 Å². The van der Waals surface area contributed by atoms with Gasteiger partial charge in [-0.15, -0.1) is 0 Å². The first-order chi connectivity index (χ1) is 9.84. The van der Waals surface area contributed by atoms with E-state index in [0.717, 1.165) is 25.9 Å². The highest BCUT2D eigenvalue weighted by atomic mass is 35.5. The van der Waals surface area contributed by atoms with E-state index in [2.05, 4.69) is 11.8 Å². The van der Waals surface area contributed by atoms with Crippen LogP contribution < -0.4 is 0 Å². The second-order valence-corrected chi connectivity index (χ2v) is 6.74. The van der Waals surface area contributed by atoms with Gasteiger partial charge in [-0.1, -0.05) is 18.5 Å². The molecule has 2 rings (SSSR count). The van der Waals surface area contributed by atoms with E-state index >= 15 is 0 Å². The van der Waals surface area contributed by atoms with Crippen LogP contribution in [0, 0.1) is 5.41 Å². The highest BCUT2D eigenvalue weighted by Crippen LogP contribution is 2.33. The Hall–Kier alpha value is -1.10. The molecule has 0 amide bonds. The molecular formula is C16H22ClNO3. The Bertz CT molecular complexity index is 547. The largest absolute Gasteiger partial charge is 0.507 e. The first kappa shape index (κ1) is 16.3. The zero-order valence-corrected chi connectivity index (χ0v) is 13.3. The zero-order chi connectivity index (χ0) is 15.6. The lowest BCUT2D eigenvalue weighted by atomic mass is 9.82. The molecule has 0 saturated carbocycles. The number of likely N-dealkylation sites (tertiary alicyclic amines) is 1. The SMILES string of the molecule is CC(=O)c1cc(Cl)cc(CN2CCCC(C)(CO)C2)c1O. The molecule has 2 N–H and O–H groups in total. The van der Waals surface area contributed by atoms with E-state index in [9.17, 15) is 15.0 Å². The summed E-state index contributed by atoms with van der Waals surface area (Å²) >= 11 is 6.05. The van der Waals surface area contributed by atoms with Crippen LogP contribution in [0.3, 0.4) is 0 Å². The average Bonchev–Trinajstić information content (AvgIpc) is 2.42. The van der Waals surface area contributed by atoms with Gasteiger partial charge in [-0.3, -0.25) is 9.69 Å². The normalized spacial score (nSPS) is 23.2. The van der Waals surface area contributed by atoms with Crippen molar-refractivity contribution in [3.63, 3.8) is 0 Å². The lowest BCUT2D eigenvalue weighted by Crippen LogP contribution is -2.43. The molecule has 0 radical (unpaired) electrons. The molecule has 1 unspecified atom stereocenters. The topological polar surface area (TPSA) is 60.8 Å². The van der Waals surface area contributed by atoms with Crippen LogP contribution in [0.1, 0.15) is 42.6 Å². The van der Waals surface area contributed by atoms with Crippen molar-refractivity contribution in [1.82, 2.24) is 4.90 Å². The third-order valence-corrected chi connectivity index (χ3v) is 4.39. The minimum atomic E-state index is -0.199. The molecule has 5 heteroatoms. The summed E-state index contributed by atoms with van der Waals surface area (Å²) in [6.45, 7) is 5.85. The van der Waals surface area contributed by atoms with Crippen LogP contribution in [0.2, 0.25) is 5.02 Å². The number of carbonyl (C=O) groups excluding carboxylic acids is 1. The third kappa shape index (κ3) is 3.76. The Labute approximate surface area is 130 Å². The number of aromatic hydroxyl groups is 1. The van der Waals surface area contributed by atoms with E-state index in [1.165, 1.54) is 13.0 Å². The van der Waals surface area contributed by atoms with Crippen molar-refractivity contribution in [3.8, 4) is 5.75 Å². The summed E-state index contributed by atoms with van der Waals surface area (Å²) in [5.74, 6) is -0.182. The lowest BCUT2D eigenvalue weighted by molar-refractivity contribution is 0.0426. The number of phenols is 1. The Kier molecular flexibility index (Phi) is 4.91. The standard InChI is InChI=1S/C16H22ClNO3/c1-11(20)14-7-13(17)6-12(15(14)21)8-18-5-3-4-16(2,9-18)10-19/h6-7,19,21H,3-5,8-10H2,1-2H3. The molecule has 0 bridgehead atoms. The zero-order valence-electron chi connectivity index (χ0n) is 12.5. The number of hydrogen-bond acceptors (Lipinski definition) is 4. The molecular weight excluding hydrogens is 290 g/mol. The second-order valence-electron chi connectivity index (χ2n) is 6.30. The predicted octanol–water partition coefficient (Wildman–Crippen LogP) is 2.84. The Balaban J connectivity index is 2.21. The number of aliphatic hydroxyl groups is 1. The predicted molar refractivity (Wildman–Crippen MR) is 82.8 cm³/mol. The van der Waals surface area contributed by atoms with Crippen LogP contribution in [0.4, 0.5) is 0 Å². The summed E-state index contributed by atoms with van der Waals surface area (Å²) in [7, 11) is 0. The number of phenolic OH excluding ortho intramolecular Hbond substituents is 1. The first-order valence-electron chi connectivity index (χ1n) is 7.20. The average molecular weight is 312 g/mol. The molecule has 116 valence electrons. The molecule has 21 heavy (non-hydrogen) atoms. The molecule has 1 aromatic carbocycles. The summed E-state index contributed by atoms with van der Waals surface area (Å²) in [5, 5.41) is 20.2. The molecule has 1 aliphatic heterocycles. The van der Waals surface area contributed by atoms with Crippen LogP contribution in [0.25, 0.3) is 0 Å². The van der Waals surface area contributed by atoms with Crippen LogP contribution >= 0.6 is 11.6 Å². The van der Waals surface area contributed by atoms with E-state index < -0.39 is 0 Å². The second kappa shape index (κ2) is 6.34. The number of ketones is 1. The number of hydrogen-bond donors (Lipinski definition) is 2. The van der Waals surface area contributed by atoms with Crippen molar-refractivity contribution < 1.29 is 15.0 Å². The van der Waals surface area contributed by atoms with Gasteiger partial charge >= 0.3 is 0 Å². The number of rotatable bonds is 4. The van der Waals surface area contributed by atoms with Crippen molar-refractivity contribution in [2.75, 3.05) is 19.7 Å². The minimum absolute atomic E-state index is 0.0168. The van der Waals surface area contributed by atoms with E-state index in [0.29, 0.717) is 17.1 Å². The van der Waals surface area contributed by atoms with Crippen LogP contribution in [-0.2, 0) is 6.54 Å². The van der Waals surface area contributed by atoms with Gasteiger partial charge in [0.25, 0.3) is 0 Å². The fraction of sp³-hybridized carbons (Fsp3) is 0.562. The first-order valence-corrected chi connectivity index (χ1v) is 7.58. The van der Waals surface area contributed by atoms with Gasteiger partial charge in [0.1, 0.15) is 5.75 Å². The number of Topliss-reactive ketones (excluding diaryl/α,β-unsaturated/α-hetero) is 1. The molecule has 0 spiro atoms. The minimum Gasteiger partial charge on any atom is -0.507 e. The van der Waals surface area contributed by atoms with Crippen molar-refractivity contribution in [3.05, 3.63) is 28.3 Å². The third-order valence-electron chi connectivity index (χ3n) is 4.17. The summed E-state index contributed by atoms with van der Waals surface area (Å²) in [6, 6.07) is 3.20. The number of nitrogens with zero attached hydrogens (tertiary/aromatic N) is 1. The highest BCUT2D eigenvalue weighted by Gasteiger charge is 2.30. The van der Waals surface area contributed by atoms with E-state index in [4.69, 9.17) is 11.6 Å². The van der Waals surface area contributed by atoms with Crippen molar-refractivity contribution in [2.24, 2.45) is 5.41 Å². The number of benzene rings is 1. The molecule has 1 saturated heterocycles. The maximum absolute atomic E-state index is 11.5. The number of carbonyl (C=O) groups is 1. The van der Waals surface area contributed by atoms with Crippen molar-refractivity contribution in [2.45, 2.75) is 33.2 Å². The quantitative estimate of drug-likeness (QED) is 0.839. The fourth-order valence-electron chi connectivity index (χ4n) is 2.98. The molecule has 1 heterocycles. The summed E-state index contributed by atoms with van der Waals surface area (Å²) in [6.07, 6.45) is 2.01. The molecule has 0 aromatic heterocycles. The number of piperidine rings is 1. The van der Waals surface area contributed by atoms with Crippen molar-refractivity contribution in [1.29, 1.82) is 0 Å². The van der Waals surface area contributed by atoms with E-state index in [-0.39, 0.29) is 29.1 Å². The summed E-state index contributed by atoms with van der Waals surface area (Å²) in [5.41, 5.74) is 0.824. The number of halogens is 1. The Morgan fingerprint density at radius 3 is 2.81 bits per heavy atom. The van der Waals surface area contributed by atoms with Crippen LogP contribution in [-0.4, -0.2) is 40.6 Å². The van der Waals surface area contributed by atoms with E-state index in [1.54, 1.807) is 6.07 Å². The van der Waals surface area contributed by atoms with Gasteiger partial charge in [-0.25, -0.2) is 0 Å². The fourth-order valence-corrected chi connectivity index (χ4v) is 3.22. The summed E-state index contributed by atoms with van der Waals surface area (Å²) in [4.78, 5) is 13.7. The molecule has 4 nitrogen and oxygen atoms in total. The Morgan fingerprint density at radius 2 is 2.19 bits per heavy atom. The van der Waals surface area contributed by atoms with Gasteiger partial charge < -0.3 is 10.2 Å². The van der Waals surface area contributed by atoms with Gasteiger partial charge in [-0.2, -0.15) is 0 Å². The van der Waals surface area contributed by atoms with E-state index in [1.807, 2.05) is 0 Å². The molecule has 1 aliphatic rings. The molecule has 1 atom stereocenters. The van der Waals surface area contributed by atoms with Crippen LogP contribution in [0.15, 0.2) is 12.1 Å². The summed E-state index contributed by atoms with van der Waals surface area (Å²) < 4.78 is 0. The maximum atomic E-state index is 11.5. The maximum Gasteiger partial charge on any atom is 0.163 e. The van der Waals surface area contributed by atoms with Gasteiger partial charge in [-0.05, 0) is 38.4 Å². The smallest absolute Gasteiger partial charge is 0.163 e. The molecule has 0 aliphatic carbocycles. The van der Waals surface area contributed by atoms with Gasteiger partial charge in [0, 0.05) is 35.7 Å². The highest BCUT2D eigenvalue weighted by molar-refractivity contribution is 6.31. The number of aliphatic hydroxyl groups excluding tert-OH is 1. The molecule has 1 fully saturated rings. The van der Waals surface area contributed by atoms with Crippen molar-refractivity contribution >= 4 is 17.4 Å². The van der Waals surface area contributed by atoms with Gasteiger partial charge in [0.15, 0.2) is 5.78 Å². The molecule has 1 aromatic rings. The van der Waals surface area contributed by atoms with Gasteiger partial charge in [0.2, 0.25) is 0 Å². The lowest BCUT2D eigenvalue weighted by Gasteiger charge is -2.39. The Morgan fingerprint density at radius 1 is 1.48 bits per heavy atom.